The number of carbonyl (C=O) groups excluding carboxylic acids is 1. The third-order valence-corrected chi connectivity index (χ3v) is 3.20. The van der Waals surface area contributed by atoms with Crippen molar-refractivity contribution in [3.63, 3.8) is 0 Å². The minimum Gasteiger partial charge on any atom is -0.548 e. The van der Waals surface area contributed by atoms with Crippen molar-refractivity contribution in [3.05, 3.63) is 53.1 Å². The van der Waals surface area contributed by atoms with Crippen LogP contribution < -0.4 is 40.0 Å². The van der Waals surface area contributed by atoms with Gasteiger partial charge in [-0.1, -0.05) is 6.07 Å². The van der Waals surface area contributed by atoms with Crippen molar-refractivity contribution in [2.45, 2.75) is 19.5 Å². The van der Waals surface area contributed by atoms with E-state index in [1.165, 1.54) is 23.0 Å². The third-order valence-electron chi connectivity index (χ3n) is 3.20. The Balaban J connectivity index is 0.00000220. The Morgan fingerprint density at radius 1 is 1.48 bits per heavy atom. The molecule has 106 valence electrons. The zero-order valence-electron chi connectivity index (χ0n) is 12.3. The molecule has 21 heavy (non-hydrogen) atoms. The van der Waals surface area contributed by atoms with Crippen molar-refractivity contribution in [1.82, 2.24) is 15.1 Å². The van der Waals surface area contributed by atoms with Gasteiger partial charge in [0.1, 0.15) is 5.82 Å². The molecule has 5 nitrogen and oxygen atoms in total. The first-order valence-corrected chi connectivity index (χ1v) is 6.16. The van der Waals surface area contributed by atoms with Crippen LogP contribution in [0.2, 0.25) is 0 Å². The van der Waals surface area contributed by atoms with E-state index in [1.54, 1.807) is 19.2 Å². The number of aryl methyl sites for hydroxylation is 2. The predicted octanol–water partition coefficient (Wildman–Crippen LogP) is -2.55. The SMILES string of the molecule is Cc1ccc(F)cc1CNC(C(=O)[O-])c1ccnn1C.[Na+]. The van der Waals surface area contributed by atoms with Gasteiger partial charge in [-0.2, -0.15) is 5.10 Å². The summed E-state index contributed by atoms with van der Waals surface area (Å²) in [6, 6.07) is 5.02. The van der Waals surface area contributed by atoms with Gasteiger partial charge in [0.2, 0.25) is 0 Å². The normalized spacial score (nSPS) is 11.8. The summed E-state index contributed by atoms with van der Waals surface area (Å²) in [4.78, 5) is 11.2. The summed E-state index contributed by atoms with van der Waals surface area (Å²) >= 11 is 0. The molecule has 0 saturated heterocycles. The van der Waals surface area contributed by atoms with E-state index in [-0.39, 0.29) is 41.9 Å². The molecule has 2 aromatic rings. The summed E-state index contributed by atoms with van der Waals surface area (Å²) in [6.07, 6.45) is 1.51. The van der Waals surface area contributed by atoms with E-state index in [4.69, 9.17) is 0 Å². The summed E-state index contributed by atoms with van der Waals surface area (Å²) in [5, 5.41) is 18.0. The Morgan fingerprint density at radius 2 is 2.19 bits per heavy atom. The predicted molar refractivity (Wildman–Crippen MR) is 68.9 cm³/mol. The molecule has 1 N–H and O–H groups in total. The molecule has 0 spiro atoms. The maximum absolute atomic E-state index is 13.2. The van der Waals surface area contributed by atoms with Gasteiger partial charge in [0, 0.05) is 19.8 Å². The van der Waals surface area contributed by atoms with Crippen molar-refractivity contribution in [2.75, 3.05) is 0 Å². The van der Waals surface area contributed by atoms with Crippen LogP contribution in [-0.2, 0) is 18.4 Å². The van der Waals surface area contributed by atoms with Crippen molar-refractivity contribution >= 4 is 5.97 Å². The van der Waals surface area contributed by atoms with Crippen LogP contribution >= 0.6 is 0 Å². The van der Waals surface area contributed by atoms with Gasteiger partial charge in [-0.05, 0) is 36.2 Å². The van der Waals surface area contributed by atoms with Crippen LogP contribution in [0.15, 0.2) is 30.5 Å². The minimum absolute atomic E-state index is 0. The monoisotopic (exact) mass is 299 g/mol. The summed E-state index contributed by atoms with van der Waals surface area (Å²) in [6.45, 7) is 2.07. The number of halogens is 1. The Hall–Kier alpha value is -1.21. The van der Waals surface area contributed by atoms with Crippen molar-refractivity contribution in [3.8, 4) is 0 Å². The quantitative estimate of drug-likeness (QED) is 0.617. The molecule has 2 rings (SSSR count). The number of carbonyl (C=O) groups is 1. The van der Waals surface area contributed by atoms with Crippen LogP contribution in [0.1, 0.15) is 22.9 Å². The Morgan fingerprint density at radius 3 is 2.76 bits per heavy atom. The van der Waals surface area contributed by atoms with Crippen LogP contribution in [0.4, 0.5) is 4.39 Å². The Labute approximate surface area is 144 Å². The molecule has 1 aromatic carbocycles. The molecular formula is C14H15FN3NaO2. The Bertz CT molecular complexity index is 630. The fourth-order valence-electron chi connectivity index (χ4n) is 2.02. The van der Waals surface area contributed by atoms with E-state index in [2.05, 4.69) is 10.4 Å². The van der Waals surface area contributed by atoms with Gasteiger partial charge in [-0.3, -0.25) is 10.00 Å². The van der Waals surface area contributed by atoms with Crippen LogP contribution in [0.3, 0.4) is 0 Å². The second kappa shape index (κ2) is 7.70. The number of aliphatic carboxylic acids is 1. The minimum atomic E-state index is -1.25. The van der Waals surface area contributed by atoms with Gasteiger partial charge >= 0.3 is 29.6 Å². The first-order valence-electron chi connectivity index (χ1n) is 6.16. The van der Waals surface area contributed by atoms with Gasteiger partial charge in [0.15, 0.2) is 0 Å². The third kappa shape index (κ3) is 4.38. The average molecular weight is 299 g/mol. The number of hydrogen-bond donors (Lipinski definition) is 1. The summed E-state index contributed by atoms with van der Waals surface area (Å²) < 4.78 is 14.7. The fourth-order valence-corrected chi connectivity index (χ4v) is 2.02. The summed E-state index contributed by atoms with van der Waals surface area (Å²) in [5.74, 6) is -1.60. The maximum Gasteiger partial charge on any atom is 1.00 e. The molecule has 0 bridgehead atoms. The molecule has 7 heteroatoms. The van der Waals surface area contributed by atoms with E-state index in [0.717, 1.165) is 5.56 Å². The zero-order valence-corrected chi connectivity index (χ0v) is 14.3. The molecule has 0 radical (unpaired) electrons. The molecule has 0 fully saturated rings. The Kier molecular flexibility index (Phi) is 6.54. The van der Waals surface area contributed by atoms with E-state index in [9.17, 15) is 14.3 Å². The topological polar surface area (TPSA) is 70.0 Å². The average Bonchev–Trinajstić information content (AvgIpc) is 2.80. The van der Waals surface area contributed by atoms with E-state index < -0.39 is 12.0 Å². The van der Waals surface area contributed by atoms with E-state index >= 15 is 0 Å². The molecule has 1 atom stereocenters. The number of rotatable bonds is 5. The van der Waals surface area contributed by atoms with Gasteiger partial charge < -0.3 is 9.90 Å². The summed E-state index contributed by atoms with van der Waals surface area (Å²) in [5.41, 5.74) is 2.08. The molecular weight excluding hydrogens is 284 g/mol. The molecule has 1 aromatic heterocycles. The molecule has 1 heterocycles. The zero-order chi connectivity index (χ0) is 14.7. The van der Waals surface area contributed by atoms with E-state index in [1.807, 2.05) is 6.92 Å². The number of carboxylic acid groups (broad SMARTS) is 1. The number of benzene rings is 1. The first-order chi connectivity index (χ1) is 9.49. The largest absolute Gasteiger partial charge is 1.00 e. The molecule has 0 aliphatic carbocycles. The molecule has 0 amide bonds. The maximum atomic E-state index is 13.2. The fraction of sp³-hybridized carbons (Fsp3) is 0.286. The van der Waals surface area contributed by atoms with Gasteiger partial charge in [0.25, 0.3) is 0 Å². The first kappa shape index (κ1) is 17.8. The molecule has 1 unspecified atom stereocenters. The van der Waals surface area contributed by atoms with Crippen LogP contribution in [-0.4, -0.2) is 15.7 Å². The van der Waals surface area contributed by atoms with Gasteiger partial charge in [-0.15, -0.1) is 0 Å². The summed E-state index contributed by atoms with van der Waals surface area (Å²) in [7, 11) is 1.65. The van der Waals surface area contributed by atoms with E-state index in [0.29, 0.717) is 11.3 Å². The standard InChI is InChI=1S/C14H16FN3O2.Na/c1-9-3-4-11(15)7-10(9)8-16-13(14(19)20)12-5-6-17-18(12)2;/h3-7,13,16H,8H2,1-2H3,(H,19,20);/q;+1/p-1. The van der Waals surface area contributed by atoms with Crippen molar-refractivity contribution < 1.29 is 43.8 Å². The van der Waals surface area contributed by atoms with Crippen LogP contribution in [0, 0.1) is 12.7 Å². The van der Waals surface area contributed by atoms with Gasteiger partial charge in [0.05, 0.1) is 17.7 Å². The second-order valence-corrected chi connectivity index (χ2v) is 4.58. The van der Waals surface area contributed by atoms with Gasteiger partial charge in [-0.25, -0.2) is 4.39 Å². The smallest absolute Gasteiger partial charge is 0.548 e. The molecule has 0 aliphatic heterocycles. The second-order valence-electron chi connectivity index (χ2n) is 4.58. The molecule has 0 saturated carbocycles. The van der Waals surface area contributed by atoms with Crippen LogP contribution in [0.5, 0.6) is 0 Å². The number of hydrogen-bond acceptors (Lipinski definition) is 4. The number of aromatic nitrogens is 2. The number of carboxylic acids is 1. The van der Waals surface area contributed by atoms with Crippen molar-refractivity contribution in [1.29, 1.82) is 0 Å². The number of nitrogens with one attached hydrogen (secondary N) is 1. The van der Waals surface area contributed by atoms with Crippen molar-refractivity contribution in [2.24, 2.45) is 7.05 Å². The molecule has 0 aliphatic rings. The van der Waals surface area contributed by atoms with Crippen LogP contribution in [0.25, 0.3) is 0 Å². The number of nitrogens with zero attached hydrogens (tertiary/aromatic N) is 2.